The van der Waals surface area contributed by atoms with E-state index in [0.29, 0.717) is 10.9 Å². The number of hydrogen-bond acceptors (Lipinski definition) is 4. The summed E-state index contributed by atoms with van der Waals surface area (Å²) in [5.74, 6) is 0. The van der Waals surface area contributed by atoms with Crippen LogP contribution in [0, 0.1) is 11.3 Å². The Morgan fingerprint density at radius 2 is 2.16 bits per heavy atom. The molecule has 0 aliphatic carbocycles. The number of hydrogen-bond donors (Lipinski definition) is 1. The smallest absolute Gasteiger partial charge is 0.270 e. The van der Waals surface area contributed by atoms with Crippen molar-refractivity contribution in [2.24, 2.45) is 0 Å². The molecule has 98 valence electrons. The fraction of sp³-hybridized carbons (Fsp3) is 0.214. The number of H-pyrrole nitrogens is 1. The van der Waals surface area contributed by atoms with E-state index >= 15 is 0 Å². The lowest BCUT2D eigenvalue weighted by Crippen LogP contribution is -2.16. The van der Waals surface area contributed by atoms with Gasteiger partial charge in [0.05, 0.1) is 5.69 Å². The Morgan fingerprint density at radius 3 is 2.68 bits per heavy atom. The fourth-order valence-electron chi connectivity index (χ4n) is 1.45. The molecule has 19 heavy (non-hydrogen) atoms. The van der Waals surface area contributed by atoms with Gasteiger partial charge in [0.2, 0.25) is 0 Å². The van der Waals surface area contributed by atoms with Gasteiger partial charge in [0.1, 0.15) is 11.6 Å². The van der Waals surface area contributed by atoms with E-state index in [1.807, 2.05) is 56.6 Å². The van der Waals surface area contributed by atoms with Gasteiger partial charge in [-0.05, 0) is 20.1 Å². The molecule has 1 aromatic rings. The van der Waals surface area contributed by atoms with Crippen LogP contribution in [0.5, 0.6) is 0 Å². The van der Waals surface area contributed by atoms with Crippen LogP contribution < -0.4 is 5.56 Å². The maximum Gasteiger partial charge on any atom is 0.270 e. The number of aromatic amines is 1. The zero-order valence-corrected chi connectivity index (χ0v) is 11.9. The molecular formula is C14H15N3OS. The molecule has 0 aliphatic rings. The molecule has 0 radical (unpaired) electrons. The summed E-state index contributed by atoms with van der Waals surface area (Å²) in [5, 5.41) is 9.61. The van der Waals surface area contributed by atoms with Gasteiger partial charge in [0, 0.05) is 5.57 Å². The first-order chi connectivity index (χ1) is 9.17. The summed E-state index contributed by atoms with van der Waals surface area (Å²) < 4.78 is 0. The number of nitriles is 1. The van der Waals surface area contributed by atoms with E-state index in [1.54, 1.807) is 0 Å². The molecule has 0 amide bonds. The predicted molar refractivity (Wildman–Crippen MR) is 79.0 cm³/mol. The Bertz CT molecular complexity index is 633. The highest BCUT2D eigenvalue weighted by Gasteiger charge is 2.13. The average molecular weight is 273 g/mol. The second-order valence-electron chi connectivity index (χ2n) is 3.56. The highest BCUT2D eigenvalue weighted by atomic mass is 32.2. The van der Waals surface area contributed by atoms with Crippen LogP contribution in [0.2, 0.25) is 0 Å². The third kappa shape index (κ3) is 3.70. The van der Waals surface area contributed by atoms with E-state index in [1.165, 1.54) is 11.8 Å². The summed E-state index contributed by atoms with van der Waals surface area (Å²) in [4.78, 5) is 18.7. The predicted octanol–water partition coefficient (Wildman–Crippen LogP) is 2.90. The van der Waals surface area contributed by atoms with Crippen molar-refractivity contribution in [2.75, 3.05) is 6.26 Å². The van der Waals surface area contributed by atoms with Crippen LogP contribution in [0.3, 0.4) is 0 Å². The lowest BCUT2D eigenvalue weighted by Gasteiger charge is -2.05. The summed E-state index contributed by atoms with van der Waals surface area (Å²) in [5.41, 5.74) is 0.768. The normalized spacial score (nSPS) is 12.2. The van der Waals surface area contributed by atoms with E-state index < -0.39 is 5.56 Å². The largest absolute Gasteiger partial charge is 0.300 e. The molecule has 0 aromatic carbocycles. The van der Waals surface area contributed by atoms with Crippen LogP contribution in [0.25, 0.3) is 5.57 Å². The maximum atomic E-state index is 11.8. The summed E-state index contributed by atoms with van der Waals surface area (Å²) in [6.07, 6.45) is 11.0. The number of nitrogens with zero attached hydrogens (tertiary/aromatic N) is 2. The first kappa shape index (κ1) is 15.0. The highest BCUT2D eigenvalue weighted by molar-refractivity contribution is 7.98. The van der Waals surface area contributed by atoms with Crippen LogP contribution in [-0.2, 0) is 0 Å². The maximum absolute atomic E-state index is 11.8. The van der Waals surface area contributed by atoms with Crippen LogP contribution in [0.1, 0.15) is 25.1 Å². The Balaban J connectivity index is 3.58. The number of nitrogens with one attached hydrogen (secondary N) is 1. The standard InChI is InChI=1S/C14H15N3OS/c1-4-6-8-10(7-5-2)12-11(9-15)13(18)17-14(16-12)19-3/h4-8H,1-3H3,(H,16,17,18)/b6-4-,7-5-,10-8+. The van der Waals surface area contributed by atoms with E-state index in [9.17, 15) is 4.79 Å². The van der Waals surface area contributed by atoms with Gasteiger partial charge in [0.15, 0.2) is 5.16 Å². The van der Waals surface area contributed by atoms with Crippen LogP contribution in [-0.4, -0.2) is 16.2 Å². The molecule has 0 spiro atoms. The molecule has 0 unspecified atom stereocenters. The first-order valence-corrected chi connectivity index (χ1v) is 6.94. The van der Waals surface area contributed by atoms with Crippen LogP contribution in [0.4, 0.5) is 0 Å². The number of rotatable bonds is 4. The van der Waals surface area contributed by atoms with Crippen LogP contribution in [0.15, 0.2) is 40.3 Å². The quantitative estimate of drug-likeness (QED) is 0.520. The Morgan fingerprint density at radius 1 is 1.42 bits per heavy atom. The molecule has 0 atom stereocenters. The van der Waals surface area contributed by atoms with E-state index in [0.717, 1.165) is 5.57 Å². The molecule has 1 aromatic heterocycles. The van der Waals surface area contributed by atoms with E-state index in [4.69, 9.17) is 5.26 Å². The number of allylic oxidation sites excluding steroid dienone is 6. The van der Waals surface area contributed by atoms with E-state index in [2.05, 4.69) is 9.97 Å². The third-order valence-electron chi connectivity index (χ3n) is 2.29. The fourth-order valence-corrected chi connectivity index (χ4v) is 1.83. The van der Waals surface area contributed by atoms with E-state index in [-0.39, 0.29) is 5.56 Å². The third-order valence-corrected chi connectivity index (χ3v) is 2.87. The molecule has 0 bridgehead atoms. The molecule has 1 N–H and O–H groups in total. The van der Waals surface area contributed by atoms with Crippen molar-refractivity contribution in [1.82, 2.24) is 9.97 Å². The summed E-state index contributed by atoms with van der Waals surface area (Å²) in [6, 6.07) is 1.92. The average Bonchev–Trinajstić information content (AvgIpc) is 2.42. The van der Waals surface area contributed by atoms with Crippen molar-refractivity contribution in [3.8, 4) is 6.07 Å². The Kier molecular flexibility index (Phi) is 5.83. The van der Waals surface area contributed by atoms with Crippen molar-refractivity contribution in [1.29, 1.82) is 5.26 Å². The van der Waals surface area contributed by atoms with Gasteiger partial charge in [-0.1, -0.05) is 42.1 Å². The van der Waals surface area contributed by atoms with Gasteiger partial charge in [-0.25, -0.2) is 4.98 Å². The molecule has 1 rings (SSSR count). The Hall–Kier alpha value is -2.06. The molecule has 5 heteroatoms. The molecule has 4 nitrogen and oxygen atoms in total. The molecule has 0 saturated heterocycles. The van der Waals surface area contributed by atoms with Gasteiger partial charge in [-0.2, -0.15) is 5.26 Å². The van der Waals surface area contributed by atoms with Gasteiger partial charge in [-0.15, -0.1) is 0 Å². The lowest BCUT2D eigenvalue weighted by atomic mass is 10.1. The summed E-state index contributed by atoms with van der Waals surface area (Å²) in [6.45, 7) is 3.77. The minimum atomic E-state index is -0.410. The molecular weight excluding hydrogens is 258 g/mol. The number of aromatic nitrogens is 2. The van der Waals surface area contributed by atoms with Gasteiger partial charge >= 0.3 is 0 Å². The van der Waals surface area contributed by atoms with Gasteiger partial charge < -0.3 is 4.98 Å². The first-order valence-electron chi connectivity index (χ1n) is 5.72. The van der Waals surface area contributed by atoms with Gasteiger partial charge in [0.25, 0.3) is 5.56 Å². The van der Waals surface area contributed by atoms with Crippen molar-refractivity contribution >= 4 is 17.3 Å². The molecule has 0 aliphatic heterocycles. The molecule has 0 saturated carbocycles. The SMILES string of the molecule is C\C=C/C=C(\C=C/C)c1nc(SC)[nH]c(=O)c1C#N. The minimum absolute atomic E-state index is 0.0339. The van der Waals surface area contributed by atoms with Crippen molar-refractivity contribution in [2.45, 2.75) is 19.0 Å². The Labute approximate surface area is 116 Å². The monoisotopic (exact) mass is 273 g/mol. The van der Waals surface area contributed by atoms with Gasteiger partial charge in [-0.3, -0.25) is 4.79 Å². The second-order valence-corrected chi connectivity index (χ2v) is 4.35. The van der Waals surface area contributed by atoms with Crippen molar-refractivity contribution in [3.63, 3.8) is 0 Å². The second kappa shape index (κ2) is 7.39. The number of thioether (sulfide) groups is 1. The lowest BCUT2D eigenvalue weighted by molar-refractivity contribution is 0.919. The zero-order valence-electron chi connectivity index (χ0n) is 11.1. The summed E-state index contributed by atoms with van der Waals surface area (Å²) >= 11 is 1.33. The minimum Gasteiger partial charge on any atom is -0.300 e. The molecule has 1 heterocycles. The summed E-state index contributed by atoms with van der Waals surface area (Å²) in [7, 11) is 0. The highest BCUT2D eigenvalue weighted by Crippen LogP contribution is 2.18. The van der Waals surface area contributed by atoms with Crippen LogP contribution >= 0.6 is 11.8 Å². The van der Waals surface area contributed by atoms with Crippen molar-refractivity contribution < 1.29 is 0 Å². The topological polar surface area (TPSA) is 69.5 Å². The van der Waals surface area contributed by atoms with Crippen molar-refractivity contribution in [3.05, 3.63) is 52.0 Å². The zero-order chi connectivity index (χ0) is 14.3. The molecule has 0 fully saturated rings.